The molecule has 1 aromatic carbocycles. The Labute approximate surface area is 109 Å². The average molecular weight is 258 g/mol. The van der Waals surface area contributed by atoms with Crippen LogP contribution in [0.15, 0.2) is 30.0 Å². The second-order valence-corrected chi connectivity index (χ2v) is 3.30. The first kappa shape index (κ1) is 14.0. The van der Waals surface area contributed by atoms with Gasteiger partial charge >= 0.3 is 5.69 Å². The SMILES string of the molecule is CCOc1cc(NC=C(C#N)C#N)ccc1[N+](=O)[O-]. The number of hydrogen-bond acceptors (Lipinski definition) is 6. The predicted octanol–water partition coefficient (Wildman–Crippen LogP) is 2.34. The Hall–Kier alpha value is -3.06. The molecule has 96 valence electrons. The topological polar surface area (TPSA) is 112 Å². The predicted molar refractivity (Wildman–Crippen MR) is 67.2 cm³/mol. The maximum atomic E-state index is 10.8. The molecule has 0 bridgehead atoms. The summed E-state index contributed by atoms with van der Waals surface area (Å²) >= 11 is 0. The van der Waals surface area contributed by atoms with Crippen LogP contribution in [-0.2, 0) is 0 Å². The molecule has 0 aliphatic rings. The number of nitriles is 2. The number of ether oxygens (including phenoxy) is 1. The molecule has 7 heteroatoms. The summed E-state index contributed by atoms with van der Waals surface area (Å²) in [5.74, 6) is 0.126. The van der Waals surface area contributed by atoms with Gasteiger partial charge in [-0.15, -0.1) is 0 Å². The molecule has 0 heterocycles. The van der Waals surface area contributed by atoms with Crippen LogP contribution in [0.3, 0.4) is 0 Å². The third kappa shape index (κ3) is 3.72. The molecule has 7 nitrogen and oxygen atoms in total. The Kier molecular flexibility index (Phi) is 4.88. The molecule has 0 aliphatic carbocycles. The lowest BCUT2D eigenvalue weighted by molar-refractivity contribution is -0.385. The Morgan fingerprint density at radius 2 is 2.21 bits per heavy atom. The maximum absolute atomic E-state index is 10.8. The Morgan fingerprint density at radius 3 is 2.74 bits per heavy atom. The highest BCUT2D eigenvalue weighted by molar-refractivity contribution is 5.59. The molecule has 0 aromatic heterocycles. The van der Waals surface area contributed by atoms with Crippen LogP contribution in [0.4, 0.5) is 11.4 Å². The Morgan fingerprint density at radius 1 is 1.53 bits per heavy atom. The van der Waals surface area contributed by atoms with Gasteiger partial charge in [-0.25, -0.2) is 0 Å². The summed E-state index contributed by atoms with van der Waals surface area (Å²) < 4.78 is 5.17. The van der Waals surface area contributed by atoms with Gasteiger partial charge in [0, 0.05) is 24.0 Å². The number of nitro groups is 1. The van der Waals surface area contributed by atoms with Gasteiger partial charge in [0.05, 0.1) is 11.5 Å². The molecule has 19 heavy (non-hydrogen) atoms. The molecular weight excluding hydrogens is 248 g/mol. The molecule has 0 unspecified atom stereocenters. The molecule has 1 N–H and O–H groups in total. The number of nitrogens with one attached hydrogen (secondary N) is 1. The zero-order chi connectivity index (χ0) is 14.3. The van der Waals surface area contributed by atoms with Crippen LogP contribution < -0.4 is 10.1 Å². The van der Waals surface area contributed by atoms with Crippen molar-refractivity contribution in [2.24, 2.45) is 0 Å². The minimum atomic E-state index is -0.541. The van der Waals surface area contributed by atoms with E-state index < -0.39 is 4.92 Å². The van der Waals surface area contributed by atoms with Crippen LogP contribution in [-0.4, -0.2) is 11.5 Å². The third-order valence-corrected chi connectivity index (χ3v) is 2.08. The van der Waals surface area contributed by atoms with Gasteiger partial charge in [-0.3, -0.25) is 10.1 Å². The van der Waals surface area contributed by atoms with Crippen molar-refractivity contribution >= 4 is 11.4 Å². The van der Waals surface area contributed by atoms with Crippen molar-refractivity contribution in [1.29, 1.82) is 10.5 Å². The van der Waals surface area contributed by atoms with E-state index >= 15 is 0 Å². The smallest absolute Gasteiger partial charge is 0.311 e. The molecule has 0 saturated heterocycles. The van der Waals surface area contributed by atoms with Crippen LogP contribution >= 0.6 is 0 Å². The Bertz CT molecular complexity index is 580. The molecule has 0 fully saturated rings. The number of hydrogen-bond donors (Lipinski definition) is 1. The molecule has 1 aromatic rings. The van der Waals surface area contributed by atoms with Gasteiger partial charge in [-0.2, -0.15) is 10.5 Å². The zero-order valence-electron chi connectivity index (χ0n) is 10.1. The summed E-state index contributed by atoms with van der Waals surface area (Å²) in [6.45, 7) is 2.01. The van der Waals surface area contributed by atoms with Crippen LogP contribution in [0, 0.1) is 32.8 Å². The number of nitro benzene ring substituents is 1. The van der Waals surface area contributed by atoms with Crippen molar-refractivity contribution < 1.29 is 9.66 Å². The largest absolute Gasteiger partial charge is 0.487 e. The fraction of sp³-hybridized carbons (Fsp3) is 0.167. The summed E-state index contributed by atoms with van der Waals surface area (Å²) in [6.07, 6.45) is 1.22. The van der Waals surface area contributed by atoms with Gasteiger partial charge in [0.15, 0.2) is 5.75 Å². The van der Waals surface area contributed by atoms with E-state index in [-0.39, 0.29) is 17.0 Å². The number of nitrogens with zero attached hydrogens (tertiary/aromatic N) is 3. The van der Waals surface area contributed by atoms with Gasteiger partial charge in [-0.05, 0) is 13.0 Å². The molecule has 0 radical (unpaired) electrons. The highest BCUT2D eigenvalue weighted by Gasteiger charge is 2.14. The number of rotatable bonds is 5. The molecule has 1 rings (SSSR count). The van der Waals surface area contributed by atoms with E-state index in [4.69, 9.17) is 15.3 Å². The van der Waals surface area contributed by atoms with E-state index in [1.54, 1.807) is 19.1 Å². The van der Waals surface area contributed by atoms with Crippen LogP contribution in [0.1, 0.15) is 6.92 Å². The first-order chi connectivity index (χ1) is 9.12. The van der Waals surface area contributed by atoms with Crippen molar-refractivity contribution in [3.05, 3.63) is 40.1 Å². The van der Waals surface area contributed by atoms with Gasteiger partial charge in [0.1, 0.15) is 17.7 Å². The van der Waals surface area contributed by atoms with Gasteiger partial charge < -0.3 is 10.1 Å². The second-order valence-electron chi connectivity index (χ2n) is 3.30. The summed E-state index contributed by atoms with van der Waals surface area (Å²) in [5, 5.41) is 30.6. The fourth-order valence-corrected chi connectivity index (χ4v) is 1.27. The van der Waals surface area contributed by atoms with E-state index in [1.807, 2.05) is 0 Å². The van der Waals surface area contributed by atoms with Gasteiger partial charge in [0.2, 0.25) is 0 Å². The zero-order valence-corrected chi connectivity index (χ0v) is 10.1. The summed E-state index contributed by atoms with van der Waals surface area (Å²) in [4.78, 5) is 10.2. The van der Waals surface area contributed by atoms with Crippen molar-refractivity contribution in [2.75, 3.05) is 11.9 Å². The quantitative estimate of drug-likeness (QED) is 0.492. The van der Waals surface area contributed by atoms with E-state index in [1.165, 1.54) is 24.4 Å². The van der Waals surface area contributed by atoms with Crippen LogP contribution in [0.5, 0.6) is 5.75 Å². The summed E-state index contributed by atoms with van der Waals surface area (Å²) in [5.41, 5.74) is 0.241. The highest BCUT2D eigenvalue weighted by atomic mass is 16.6. The number of anilines is 1. The van der Waals surface area contributed by atoms with E-state index in [0.29, 0.717) is 12.3 Å². The molecule has 0 amide bonds. The first-order valence-corrected chi connectivity index (χ1v) is 5.30. The molecule has 0 saturated carbocycles. The van der Waals surface area contributed by atoms with E-state index in [9.17, 15) is 10.1 Å². The van der Waals surface area contributed by atoms with Crippen molar-refractivity contribution in [3.63, 3.8) is 0 Å². The maximum Gasteiger partial charge on any atom is 0.311 e. The third-order valence-electron chi connectivity index (χ3n) is 2.08. The van der Waals surface area contributed by atoms with Gasteiger partial charge in [-0.1, -0.05) is 0 Å². The minimum Gasteiger partial charge on any atom is -0.487 e. The normalized spacial score (nSPS) is 8.79. The fourth-order valence-electron chi connectivity index (χ4n) is 1.27. The minimum absolute atomic E-state index is 0.101. The molecule has 0 spiro atoms. The lowest BCUT2D eigenvalue weighted by Crippen LogP contribution is -1.99. The van der Waals surface area contributed by atoms with Crippen molar-refractivity contribution in [3.8, 4) is 17.9 Å². The summed E-state index contributed by atoms with van der Waals surface area (Å²) in [7, 11) is 0. The molecule has 0 aliphatic heterocycles. The van der Waals surface area contributed by atoms with E-state index in [2.05, 4.69) is 5.32 Å². The number of allylic oxidation sites excluding steroid dienone is 1. The van der Waals surface area contributed by atoms with Crippen LogP contribution in [0.25, 0.3) is 0 Å². The van der Waals surface area contributed by atoms with Crippen LogP contribution in [0.2, 0.25) is 0 Å². The lowest BCUT2D eigenvalue weighted by Gasteiger charge is -2.06. The summed E-state index contributed by atoms with van der Waals surface area (Å²) in [6, 6.07) is 7.57. The monoisotopic (exact) mass is 258 g/mol. The van der Waals surface area contributed by atoms with Crippen molar-refractivity contribution in [2.45, 2.75) is 6.92 Å². The average Bonchev–Trinajstić information content (AvgIpc) is 2.40. The second kappa shape index (κ2) is 6.62. The molecular formula is C12H10N4O3. The first-order valence-electron chi connectivity index (χ1n) is 5.30. The lowest BCUT2D eigenvalue weighted by atomic mass is 10.2. The Balaban J connectivity index is 3.03. The van der Waals surface area contributed by atoms with Crippen molar-refractivity contribution in [1.82, 2.24) is 0 Å². The van der Waals surface area contributed by atoms with Gasteiger partial charge in [0.25, 0.3) is 0 Å². The standard InChI is InChI=1S/C12H10N4O3/c1-2-19-12-5-10(3-4-11(12)16(17)18)15-8-9(6-13)7-14/h3-5,8,15H,2H2,1H3. The molecule has 0 atom stereocenters. The number of benzene rings is 1. The highest BCUT2D eigenvalue weighted by Crippen LogP contribution is 2.30. The van der Waals surface area contributed by atoms with E-state index in [0.717, 1.165) is 0 Å².